The summed E-state index contributed by atoms with van der Waals surface area (Å²) in [6.45, 7) is 1.68. The van der Waals surface area contributed by atoms with Gasteiger partial charge in [0.25, 0.3) is 0 Å². The zero-order chi connectivity index (χ0) is 20.2. The van der Waals surface area contributed by atoms with Gasteiger partial charge >= 0.3 is 0 Å². The van der Waals surface area contributed by atoms with E-state index in [1.165, 1.54) is 24.1 Å². The average Bonchev–Trinajstić information content (AvgIpc) is 2.78. The maximum absolute atomic E-state index is 13.1. The Labute approximate surface area is 173 Å². The van der Waals surface area contributed by atoms with Crippen LogP contribution in [-0.4, -0.2) is 39.3 Å². The largest absolute Gasteiger partial charge is 0.493 e. The molecule has 0 radical (unpaired) electrons. The molecule has 1 N–H and O–H groups in total. The number of nitrogens with one attached hydrogen (secondary N) is 1. The Bertz CT molecular complexity index is 867. The molecule has 0 saturated carbocycles. The molecule has 1 fully saturated rings. The normalized spacial score (nSPS) is 20.4. The fourth-order valence-electron chi connectivity index (χ4n) is 4.78. The van der Waals surface area contributed by atoms with Crippen molar-refractivity contribution in [2.75, 3.05) is 32.2 Å². The van der Waals surface area contributed by atoms with E-state index in [4.69, 9.17) is 9.47 Å². The molecule has 5 nitrogen and oxygen atoms in total. The van der Waals surface area contributed by atoms with Gasteiger partial charge in [-0.2, -0.15) is 0 Å². The number of piperidine rings is 1. The second kappa shape index (κ2) is 8.76. The molecule has 1 amide bonds. The lowest BCUT2D eigenvalue weighted by Crippen LogP contribution is -2.53. The molecule has 2 aromatic carbocycles. The first-order valence-electron chi connectivity index (χ1n) is 10.5. The van der Waals surface area contributed by atoms with Crippen LogP contribution in [0.1, 0.15) is 30.4 Å². The molecule has 29 heavy (non-hydrogen) atoms. The molecule has 0 unspecified atom stereocenters. The molecule has 2 atom stereocenters. The average molecular weight is 395 g/mol. The van der Waals surface area contributed by atoms with Gasteiger partial charge < -0.3 is 19.7 Å². The number of rotatable bonds is 6. The van der Waals surface area contributed by atoms with Gasteiger partial charge in [0.1, 0.15) is 0 Å². The van der Waals surface area contributed by atoms with E-state index in [1.807, 2.05) is 18.2 Å². The van der Waals surface area contributed by atoms with Crippen molar-refractivity contribution >= 4 is 11.6 Å². The number of carbonyl (C=O) groups excluding carboxylic acids is 1. The van der Waals surface area contributed by atoms with E-state index < -0.39 is 0 Å². The zero-order valence-corrected chi connectivity index (χ0v) is 17.3. The smallest absolute Gasteiger partial charge is 0.225 e. The molecular formula is C24H30N2O3. The summed E-state index contributed by atoms with van der Waals surface area (Å²) in [4.78, 5) is 15.6. The van der Waals surface area contributed by atoms with Crippen LogP contribution in [-0.2, 0) is 17.6 Å². The van der Waals surface area contributed by atoms with Gasteiger partial charge in [-0.25, -0.2) is 0 Å². The number of fused-ring (bicyclic) bond motifs is 3. The molecule has 2 aromatic rings. The van der Waals surface area contributed by atoms with Gasteiger partial charge in [0.2, 0.25) is 5.91 Å². The van der Waals surface area contributed by atoms with Crippen LogP contribution in [0.5, 0.6) is 11.5 Å². The summed E-state index contributed by atoms with van der Waals surface area (Å²) in [6.07, 6.45) is 5.11. The first-order chi connectivity index (χ1) is 14.2. The van der Waals surface area contributed by atoms with Crippen molar-refractivity contribution in [3.63, 3.8) is 0 Å². The van der Waals surface area contributed by atoms with Crippen molar-refractivity contribution in [1.29, 1.82) is 0 Å². The Morgan fingerprint density at radius 2 is 1.93 bits per heavy atom. The number of hydrogen-bond donors (Lipinski definition) is 1. The highest BCUT2D eigenvalue weighted by molar-refractivity contribution is 5.82. The fourth-order valence-corrected chi connectivity index (χ4v) is 4.78. The minimum Gasteiger partial charge on any atom is -0.493 e. The number of carbonyl (C=O) groups is 1. The van der Waals surface area contributed by atoms with Crippen molar-refractivity contribution < 1.29 is 14.3 Å². The Kier molecular flexibility index (Phi) is 5.93. The van der Waals surface area contributed by atoms with E-state index in [0.717, 1.165) is 42.9 Å². The van der Waals surface area contributed by atoms with Gasteiger partial charge in [0, 0.05) is 24.8 Å². The highest BCUT2D eigenvalue weighted by Crippen LogP contribution is 2.38. The van der Waals surface area contributed by atoms with Crippen molar-refractivity contribution in [3.05, 3.63) is 53.6 Å². The van der Waals surface area contributed by atoms with Crippen molar-refractivity contribution in [2.24, 2.45) is 5.92 Å². The van der Waals surface area contributed by atoms with Crippen molar-refractivity contribution in [1.82, 2.24) is 5.32 Å². The number of para-hydroxylation sites is 1. The number of methoxy groups -OCH3 is 2. The van der Waals surface area contributed by atoms with Gasteiger partial charge in [0.05, 0.1) is 20.1 Å². The summed E-state index contributed by atoms with van der Waals surface area (Å²) in [5, 5.41) is 3.19. The number of benzene rings is 2. The number of hydrogen-bond acceptors (Lipinski definition) is 4. The van der Waals surface area contributed by atoms with Crippen molar-refractivity contribution in [2.45, 2.75) is 38.1 Å². The van der Waals surface area contributed by atoms with Crippen LogP contribution in [0.4, 0.5) is 5.69 Å². The highest BCUT2D eigenvalue weighted by atomic mass is 16.5. The second-order valence-corrected chi connectivity index (χ2v) is 7.93. The van der Waals surface area contributed by atoms with Crippen molar-refractivity contribution in [3.8, 4) is 11.5 Å². The molecule has 4 rings (SSSR count). The number of nitrogens with zero attached hydrogens (tertiary/aromatic N) is 1. The molecule has 0 aromatic heterocycles. The minimum atomic E-state index is 0.0237. The van der Waals surface area contributed by atoms with E-state index in [9.17, 15) is 4.79 Å². The van der Waals surface area contributed by atoms with Crippen LogP contribution < -0.4 is 19.7 Å². The van der Waals surface area contributed by atoms with Crippen LogP contribution in [0.3, 0.4) is 0 Å². The van der Waals surface area contributed by atoms with Gasteiger partial charge in [-0.3, -0.25) is 4.79 Å². The molecular weight excluding hydrogens is 364 g/mol. The third kappa shape index (κ3) is 4.04. The van der Waals surface area contributed by atoms with Crippen LogP contribution in [0.15, 0.2) is 42.5 Å². The summed E-state index contributed by atoms with van der Waals surface area (Å²) in [6, 6.07) is 14.8. The molecule has 2 aliphatic rings. The van der Waals surface area contributed by atoms with E-state index in [1.54, 1.807) is 14.2 Å². The Morgan fingerprint density at radius 1 is 1.10 bits per heavy atom. The SMILES string of the molecule is COc1ccc(CCNC(=O)[C@H]2Cc3ccccc3N3CCCC[C@H]23)cc1OC. The van der Waals surface area contributed by atoms with Crippen LogP contribution >= 0.6 is 0 Å². The summed E-state index contributed by atoms with van der Waals surface area (Å²) in [5.41, 5.74) is 3.74. The lowest BCUT2D eigenvalue weighted by molar-refractivity contribution is -0.125. The van der Waals surface area contributed by atoms with Crippen LogP contribution in [0, 0.1) is 5.92 Å². The lowest BCUT2D eigenvalue weighted by atomic mass is 9.80. The van der Waals surface area contributed by atoms with Crippen LogP contribution in [0.2, 0.25) is 0 Å². The highest BCUT2D eigenvalue weighted by Gasteiger charge is 2.39. The lowest BCUT2D eigenvalue weighted by Gasteiger charge is -2.46. The van der Waals surface area contributed by atoms with Gasteiger partial charge in [0.15, 0.2) is 11.5 Å². The first-order valence-corrected chi connectivity index (χ1v) is 10.5. The zero-order valence-electron chi connectivity index (χ0n) is 17.3. The monoisotopic (exact) mass is 394 g/mol. The molecule has 154 valence electrons. The molecule has 2 aliphatic heterocycles. The maximum Gasteiger partial charge on any atom is 0.225 e. The fraction of sp³-hybridized carbons (Fsp3) is 0.458. The Balaban J connectivity index is 1.41. The van der Waals surface area contributed by atoms with E-state index in [-0.39, 0.29) is 11.8 Å². The molecule has 5 heteroatoms. The van der Waals surface area contributed by atoms with E-state index >= 15 is 0 Å². The molecule has 0 aliphatic carbocycles. The molecule has 0 bridgehead atoms. The van der Waals surface area contributed by atoms with Gasteiger partial charge in [-0.05, 0) is 61.4 Å². The Hall–Kier alpha value is -2.69. The summed E-state index contributed by atoms with van der Waals surface area (Å²) in [5.74, 6) is 1.64. The first kappa shape index (κ1) is 19.6. The van der Waals surface area contributed by atoms with Gasteiger partial charge in [-0.15, -0.1) is 0 Å². The number of anilines is 1. The minimum absolute atomic E-state index is 0.0237. The predicted octanol–water partition coefficient (Wildman–Crippen LogP) is 3.59. The second-order valence-electron chi connectivity index (χ2n) is 7.93. The number of amides is 1. The molecule has 2 heterocycles. The summed E-state index contributed by atoms with van der Waals surface area (Å²) in [7, 11) is 3.27. The third-order valence-electron chi connectivity index (χ3n) is 6.25. The summed E-state index contributed by atoms with van der Waals surface area (Å²) >= 11 is 0. The predicted molar refractivity (Wildman–Crippen MR) is 115 cm³/mol. The van der Waals surface area contributed by atoms with E-state index in [2.05, 4.69) is 34.5 Å². The molecule has 1 saturated heterocycles. The van der Waals surface area contributed by atoms with Gasteiger partial charge in [-0.1, -0.05) is 24.3 Å². The third-order valence-corrected chi connectivity index (χ3v) is 6.25. The van der Waals surface area contributed by atoms with Crippen LogP contribution in [0.25, 0.3) is 0 Å². The molecule has 0 spiro atoms. The quantitative estimate of drug-likeness (QED) is 0.813. The topological polar surface area (TPSA) is 50.8 Å². The maximum atomic E-state index is 13.1. The van der Waals surface area contributed by atoms with E-state index in [0.29, 0.717) is 12.6 Å². The standard InChI is InChI=1S/C24H30N2O3/c1-28-22-11-10-17(15-23(22)29-2)12-13-25-24(27)19-16-18-7-3-4-8-20(18)26-14-6-5-9-21(19)26/h3-4,7-8,10-11,15,19,21H,5-6,9,12-14,16H2,1-2H3,(H,25,27)/t19-,21+/m0/s1. The summed E-state index contributed by atoms with van der Waals surface area (Å²) < 4.78 is 10.7. The Morgan fingerprint density at radius 3 is 2.76 bits per heavy atom. The number of ether oxygens (including phenoxy) is 2.